The zero-order valence-electron chi connectivity index (χ0n) is 33.7. The van der Waals surface area contributed by atoms with Gasteiger partial charge in [-0.25, -0.2) is 0 Å². The minimum atomic E-state index is -1.20. The van der Waals surface area contributed by atoms with Gasteiger partial charge < -0.3 is 53.5 Å². The number of primary amides is 1. The summed E-state index contributed by atoms with van der Waals surface area (Å²) >= 11 is 0. The number of phenolic OH excluding ortho intramolecular Hbond substituents is 1. The van der Waals surface area contributed by atoms with Gasteiger partial charge in [-0.15, -0.1) is 0 Å². The number of carbonyl (C=O) groups excluding carboxylic acids is 5. The Morgan fingerprint density at radius 1 is 0.541 bits per heavy atom. The topological polar surface area (TPSA) is 263 Å². The Hall–Kier alpha value is -6.97. The van der Waals surface area contributed by atoms with Crippen molar-refractivity contribution in [2.75, 3.05) is 6.54 Å². The van der Waals surface area contributed by atoms with E-state index in [9.17, 15) is 29.1 Å². The van der Waals surface area contributed by atoms with E-state index >= 15 is 0 Å². The zero-order valence-corrected chi connectivity index (χ0v) is 33.7. The van der Waals surface area contributed by atoms with Gasteiger partial charge in [-0.05, 0) is 78.7 Å². The highest BCUT2D eigenvalue weighted by atomic mass is 16.3. The molecule has 0 saturated carbocycles. The predicted molar refractivity (Wildman–Crippen MR) is 234 cm³/mol. The lowest BCUT2D eigenvalue weighted by atomic mass is 10.0. The number of amides is 5. The molecule has 0 unspecified atom stereocenters. The number of aromatic amines is 2. The molecule has 0 spiro atoms. The summed E-state index contributed by atoms with van der Waals surface area (Å²) in [6, 6.07) is 24.9. The highest BCUT2D eigenvalue weighted by Crippen LogP contribution is 2.21. The van der Waals surface area contributed by atoms with Gasteiger partial charge in [0.25, 0.3) is 0 Å². The molecular weight excluding hydrogens is 775 g/mol. The summed E-state index contributed by atoms with van der Waals surface area (Å²) in [7, 11) is 0. The van der Waals surface area contributed by atoms with Gasteiger partial charge in [-0.3, -0.25) is 24.0 Å². The third kappa shape index (κ3) is 11.8. The lowest BCUT2D eigenvalue weighted by molar-refractivity contribution is -0.134. The molecule has 0 radical (unpaired) electrons. The van der Waals surface area contributed by atoms with Crippen LogP contribution in [0, 0.1) is 0 Å². The molecule has 13 N–H and O–H groups in total. The number of nitrogens with two attached hydrogens (primary N) is 3. The Kier molecular flexibility index (Phi) is 14.9. The second kappa shape index (κ2) is 20.8. The standard InChI is InChI=1S/C46H53N9O6/c47-21-9-8-16-38(52-45(60)40(24-30-26-50-36-14-6-4-12-33(30)36)54-43(58)35(48)22-29-17-19-32(56)20-18-29)44(59)55-41(25-31-27-51-37-15-7-5-13-34(31)37)46(61)53-39(42(49)57)23-28-10-2-1-3-11-28/h1-7,10-15,17-20,26-27,35,38-41,50-51,56H,8-9,16,21-25,47-48H2,(H2,49,57)(H,52,60)(H,53,61)(H,54,58)(H,55,59)/t35-,38-,39+,40+,41-/m0/s1. The molecule has 5 amide bonds. The number of unbranched alkanes of at least 4 members (excludes halogenated alkanes) is 1. The molecule has 15 heteroatoms. The van der Waals surface area contributed by atoms with Crippen molar-refractivity contribution in [3.05, 3.63) is 138 Å². The fourth-order valence-corrected chi connectivity index (χ4v) is 7.37. The maximum atomic E-state index is 14.4. The van der Waals surface area contributed by atoms with Gasteiger partial charge in [0, 0.05) is 53.5 Å². The lowest BCUT2D eigenvalue weighted by Gasteiger charge is -2.27. The third-order valence-electron chi connectivity index (χ3n) is 10.7. The molecule has 6 aromatic rings. The lowest BCUT2D eigenvalue weighted by Crippen LogP contribution is -2.59. The summed E-state index contributed by atoms with van der Waals surface area (Å²) in [4.78, 5) is 75.6. The van der Waals surface area contributed by atoms with Gasteiger partial charge in [-0.2, -0.15) is 0 Å². The van der Waals surface area contributed by atoms with Gasteiger partial charge in [0.05, 0.1) is 6.04 Å². The molecule has 0 fully saturated rings. The number of rotatable bonds is 21. The Morgan fingerprint density at radius 2 is 1.02 bits per heavy atom. The van der Waals surface area contributed by atoms with Crippen LogP contribution < -0.4 is 38.5 Å². The molecule has 2 heterocycles. The fraction of sp³-hybridized carbons (Fsp3) is 0.283. The maximum absolute atomic E-state index is 14.4. The van der Waals surface area contributed by atoms with E-state index in [4.69, 9.17) is 17.2 Å². The largest absolute Gasteiger partial charge is 0.508 e. The minimum absolute atomic E-state index is 0.0417. The first-order chi connectivity index (χ1) is 29.5. The highest BCUT2D eigenvalue weighted by molar-refractivity contribution is 5.97. The molecule has 2 aromatic heterocycles. The van der Waals surface area contributed by atoms with E-state index in [0.29, 0.717) is 24.9 Å². The summed E-state index contributed by atoms with van der Waals surface area (Å²) in [6.07, 6.45) is 5.09. The van der Waals surface area contributed by atoms with Crippen molar-refractivity contribution in [2.45, 2.75) is 75.2 Å². The van der Waals surface area contributed by atoms with Gasteiger partial charge in [-0.1, -0.05) is 78.9 Å². The van der Waals surface area contributed by atoms with Crippen LogP contribution in [0.5, 0.6) is 5.75 Å². The second-order valence-corrected chi connectivity index (χ2v) is 15.2. The number of nitrogens with one attached hydrogen (secondary N) is 6. The highest BCUT2D eigenvalue weighted by Gasteiger charge is 2.32. The van der Waals surface area contributed by atoms with Gasteiger partial charge in [0.1, 0.15) is 29.9 Å². The van der Waals surface area contributed by atoms with Crippen molar-refractivity contribution < 1.29 is 29.1 Å². The smallest absolute Gasteiger partial charge is 0.243 e. The fourth-order valence-electron chi connectivity index (χ4n) is 7.37. The van der Waals surface area contributed by atoms with E-state index in [1.54, 1.807) is 24.5 Å². The van der Waals surface area contributed by atoms with Crippen LogP contribution in [0.1, 0.15) is 41.5 Å². The van der Waals surface area contributed by atoms with Crippen LogP contribution >= 0.6 is 0 Å². The molecule has 0 aliphatic carbocycles. The number of H-pyrrole nitrogens is 2. The summed E-state index contributed by atoms with van der Waals surface area (Å²) in [5, 5.41) is 22.7. The summed E-state index contributed by atoms with van der Waals surface area (Å²) in [6.45, 7) is 0.349. The predicted octanol–water partition coefficient (Wildman–Crippen LogP) is 2.51. The van der Waals surface area contributed by atoms with Crippen molar-refractivity contribution in [3.63, 3.8) is 0 Å². The van der Waals surface area contributed by atoms with Crippen LogP contribution in [0.3, 0.4) is 0 Å². The Morgan fingerprint density at radius 3 is 1.57 bits per heavy atom. The molecule has 0 saturated heterocycles. The molecule has 0 aliphatic rings. The molecule has 0 aliphatic heterocycles. The number of benzene rings is 4. The molecule has 4 aromatic carbocycles. The van der Waals surface area contributed by atoms with Crippen LogP contribution in [0.15, 0.2) is 116 Å². The maximum Gasteiger partial charge on any atom is 0.243 e. The average Bonchev–Trinajstić information content (AvgIpc) is 3.87. The number of aromatic nitrogens is 2. The Bertz CT molecular complexity index is 2430. The minimum Gasteiger partial charge on any atom is -0.508 e. The van der Waals surface area contributed by atoms with Gasteiger partial charge >= 0.3 is 0 Å². The van der Waals surface area contributed by atoms with Crippen molar-refractivity contribution in [3.8, 4) is 5.75 Å². The first kappa shape index (κ1) is 43.6. The summed E-state index contributed by atoms with van der Waals surface area (Å²) in [5.41, 5.74) is 22.6. The zero-order chi connectivity index (χ0) is 43.3. The summed E-state index contributed by atoms with van der Waals surface area (Å²) < 4.78 is 0. The number of phenols is 1. The van der Waals surface area contributed by atoms with Crippen LogP contribution in [0.25, 0.3) is 21.8 Å². The van der Waals surface area contributed by atoms with E-state index < -0.39 is 59.7 Å². The van der Waals surface area contributed by atoms with Crippen LogP contribution in [0.4, 0.5) is 0 Å². The molecule has 318 valence electrons. The normalized spacial score (nSPS) is 13.7. The molecular formula is C46H53N9O6. The van der Waals surface area contributed by atoms with Crippen molar-refractivity contribution in [1.82, 2.24) is 31.2 Å². The van der Waals surface area contributed by atoms with Crippen LogP contribution in [-0.2, 0) is 49.7 Å². The van der Waals surface area contributed by atoms with E-state index in [1.165, 1.54) is 12.1 Å². The summed E-state index contributed by atoms with van der Waals surface area (Å²) in [5.74, 6) is -3.19. The van der Waals surface area contributed by atoms with E-state index in [1.807, 2.05) is 78.9 Å². The van der Waals surface area contributed by atoms with Crippen LogP contribution in [0.2, 0.25) is 0 Å². The van der Waals surface area contributed by atoms with E-state index in [2.05, 4.69) is 31.2 Å². The number of para-hydroxylation sites is 2. The molecule has 0 bridgehead atoms. The molecule has 15 nitrogen and oxygen atoms in total. The van der Waals surface area contributed by atoms with Crippen molar-refractivity contribution in [1.29, 1.82) is 0 Å². The number of hydrogen-bond acceptors (Lipinski definition) is 8. The number of aromatic hydroxyl groups is 1. The van der Waals surface area contributed by atoms with Crippen LogP contribution in [-0.4, -0.2) is 81.4 Å². The second-order valence-electron chi connectivity index (χ2n) is 15.2. The number of hydrogen-bond donors (Lipinski definition) is 10. The van der Waals surface area contributed by atoms with Crippen molar-refractivity contribution in [2.24, 2.45) is 17.2 Å². The van der Waals surface area contributed by atoms with Crippen molar-refractivity contribution >= 4 is 51.3 Å². The number of carbonyl (C=O) groups is 5. The average molecular weight is 828 g/mol. The number of fused-ring (bicyclic) bond motifs is 2. The molecule has 5 atom stereocenters. The third-order valence-corrected chi connectivity index (χ3v) is 10.7. The van der Waals surface area contributed by atoms with Gasteiger partial charge in [0.15, 0.2) is 0 Å². The monoisotopic (exact) mass is 827 g/mol. The first-order valence-electron chi connectivity index (χ1n) is 20.4. The molecule has 6 rings (SSSR count). The van der Waals surface area contributed by atoms with E-state index in [0.717, 1.165) is 38.5 Å². The first-order valence-corrected chi connectivity index (χ1v) is 20.4. The quantitative estimate of drug-likeness (QED) is 0.0481. The van der Waals surface area contributed by atoms with E-state index in [-0.39, 0.29) is 37.9 Å². The Balaban J connectivity index is 1.25. The molecule has 61 heavy (non-hydrogen) atoms. The SMILES string of the molecule is NCCCC[C@H](NC(=O)[C@@H](Cc1c[nH]c2ccccc12)NC(=O)[C@@H](N)Cc1ccc(O)cc1)C(=O)N[C@@H](Cc1c[nH]c2ccccc12)C(=O)N[C@H](Cc1ccccc1)C(N)=O. The van der Waals surface area contributed by atoms with Gasteiger partial charge in [0.2, 0.25) is 29.5 Å². The Labute approximate surface area is 353 Å².